The zero-order chi connectivity index (χ0) is 13.2. The van der Waals surface area contributed by atoms with Crippen LogP contribution >= 0.6 is 22.9 Å². The Bertz CT molecular complexity index is 756. The van der Waals surface area contributed by atoms with Crippen molar-refractivity contribution >= 4 is 44.0 Å². The first-order chi connectivity index (χ1) is 9.26. The Morgan fingerprint density at radius 2 is 2.05 bits per heavy atom. The summed E-state index contributed by atoms with van der Waals surface area (Å²) in [5, 5.41) is 13.6. The van der Waals surface area contributed by atoms with Crippen LogP contribution in [-0.4, -0.2) is 4.98 Å². The maximum atomic E-state index is 9.10. The lowest BCUT2D eigenvalue weighted by atomic mass is 10.2. The van der Waals surface area contributed by atoms with Crippen molar-refractivity contribution in [1.82, 2.24) is 4.98 Å². The third kappa shape index (κ3) is 2.39. The molecular weight excluding hydrogens is 278 g/mol. The molecular formula is C14H8ClN3S. The van der Waals surface area contributed by atoms with Crippen LogP contribution in [0.5, 0.6) is 0 Å². The summed E-state index contributed by atoms with van der Waals surface area (Å²) in [5.41, 5.74) is 2.17. The minimum Gasteiger partial charge on any atom is -0.330 e. The second-order valence-corrected chi connectivity index (χ2v) is 5.38. The van der Waals surface area contributed by atoms with Gasteiger partial charge < -0.3 is 5.32 Å². The molecule has 0 bridgehead atoms. The van der Waals surface area contributed by atoms with Gasteiger partial charge >= 0.3 is 0 Å². The molecule has 1 N–H and O–H groups in total. The number of halogens is 1. The highest BCUT2D eigenvalue weighted by Crippen LogP contribution is 2.29. The van der Waals surface area contributed by atoms with Gasteiger partial charge in [-0.2, -0.15) is 5.26 Å². The third-order valence-electron chi connectivity index (χ3n) is 2.64. The molecule has 0 saturated carbocycles. The van der Waals surface area contributed by atoms with Crippen molar-refractivity contribution < 1.29 is 0 Å². The molecule has 0 atom stereocenters. The van der Waals surface area contributed by atoms with Crippen LogP contribution in [0.1, 0.15) is 5.56 Å². The van der Waals surface area contributed by atoms with Crippen LogP contribution < -0.4 is 5.32 Å². The van der Waals surface area contributed by atoms with Gasteiger partial charge in [-0.1, -0.05) is 35.1 Å². The summed E-state index contributed by atoms with van der Waals surface area (Å²) in [4.78, 5) is 4.47. The first kappa shape index (κ1) is 12.0. The average Bonchev–Trinajstić information content (AvgIpc) is 2.83. The molecule has 0 saturated heterocycles. The van der Waals surface area contributed by atoms with Crippen molar-refractivity contribution in [2.75, 3.05) is 5.32 Å². The highest BCUT2D eigenvalue weighted by atomic mass is 35.5. The van der Waals surface area contributed by atoms with Crippen LogP contribution in [0.4, 0.5) is 10.8 Å². The zero-order valence-corrected chi connectivity index (χ0v) is 11.3. The van der Waals surface area contributed by atoms with Crippen LogP contribution in [0.2, 0.25) is 5.02 Å². The van der Waals surface area contributed by atoms with Gasteiger partial charge in [0.05, 0.1) is 21.5 Å². The third-order valence-corrected chi connectivity index (χ3v) is 3.82. The maximum Gasteiger partial charge on any atom is 0.188 e. The largest absolute Gasteiger partial charge is 0.330 e. The minimum absolute atomic E-state index is 0.506. The molecule has 0 amide bonds. The quantitative estimate of drug-likeness (QED) is 0.750. The number of nitrogens with zero attached hydrogens (tertiary/aromatic N) is 2. The molecule has 0 aliphatic carbocycles. The fraction of sp³-hybridized carbons (Fsp3) is 0. The lowest BCUT2D eigenvalue weighted by molar-refractivity contribution is 1.42. The van der Waals surface area contributed by atoms with Gasteiger partial charge in [-0.25, -0.2) is 4.98 Å². The van der Waals surface area contributed by atoms with E-state index in [1.54, 1.807) is 29.5 Å². The van der Waals surface area contributed by atoms with Crippen molar-refractivity contribution in [1.29, 1.82) is 5.26 Å². The molecule has 5 heteroatoms. The molecule has 0 unspecified atom stereocenters. The second-order valence-electron chi connectivity index (χ2n) is 3.91. The number of para-hydroxylation sites is 1. The van der Waals surface area contributed by atoms with E-state index in [2.05, 4.69) is 16.4 Å². The lowest BCUT2D eigenvalue weighted by Crippen LogP contribution is -1.92. The Labute approximate surface area is 119 Å². The summed E-state index contributed by atoms with van der Waals surface area (Å²) in [5.74, 6) is 0. The number of rotatable bonds is 2. The van der Waals surface area contributed by atoms with Crippen LogP contribution in [0.15, 0.2) is 42.5 Å². The molecule has 1 heterocycles. The molecule has 3 aromatic rings. The number of thiazole rings is 1. The van der Waals surface area contributed by atoms with Crippen LogP contribution in [0.25, 0.3) is 10.2 Å². The molecule has 2 aromatic carbocycles. The average molecular weight is 286 g/mol. The molecule has 92 valence electrons. The number of fused-ring (bicyclic) bond motifs is 1. The molecule has 0 aliphatic heterocycles. The summed E-state index contributed by atoms with van der Waals surface area (Å²) in [6.45, 7) is 0. The zero-order valence-electron chi connectivity index (χ0n) is 9.72. The van der Waals surface area contributed by atoms with E-state index in [-0.39, 0.29) is 0 Å². The molecule has 0 fully saturated rings. The predicted octanol–water partition coefficient (Wildman–Crippen LogP) is 4.56. The van der Waals surface area contributed by atoms with Gasteiger partial charge in [-0.15, -0.1) is 0 Å². The van der Waals surface area contributed by atoms with Gasteiger partial charge in [0.2, 0.25) is 0 Å². The standard InChI is InChI=1S/C14H8ClN3S/c15-10-5-6-11(9(7-10)8-16)17-14-18-12-3-1-2-4-13(12)19-14/h1-7H,(H,17,18). The van der Waals surface area contributed by atoms with E-state index in [1.807, 2.05) is 24.3 Å². The number of anilines is 2. The summed E-state index contributed by atoms with van der Waals surface area (Å²) in [6, 6.07) is 15.2. The van der Waals surface area contributed by atoms with E-state index in [0.717, 1.165) is 15.3 Å². The Morgan fingerprint density at radius 3 is 2.84 bits per heavy atom. The Kier molecular flexibility index (Phi) is 3.08. The maximum absolute atomic E-state index is 9.10. The topological polar surface area (TPSA) is 48.7 Å². The van der Waals surface area contributed by atoms with Crippen molar-refractivity contribution in [3.05, 3.63) is 53.1 Å². The Hall–Kier alpha value is -2.09. The minimum atomic E-state index is 0.506. The summed E-state index contributed by atoms with van der Waals surface area (Å²) in [6.07, 6.45) is 0. The van der Waals surface area contributed by atoms with Gasteiger partial charge in [0, 0.05) is 5.02 Å². The van der Waals surface area contributed by atoms with Crippen molar-refractivity contribution in [3.8, 4) is 6.07 Å². The molecule has 0 aliphatic rings. The first-order valence-corrected chi connectivity index (χ1v) is 6.78. The predicted molar refractivity (Wildman–Crippen MR) is 79.1 cm³/mol. The number of nitriles is 1. The van der Waals surface area contributed by atoms with Crippen LogP contribution in [0.3, 0.4) is 0 Å². The fourth-order valence-corrected chi connectivity index (χ4v) is 2.81. The monoisotopic (exact) mass is 285 g/mol. The van der Waals surface area contributed by atoms with Crippen molar-refractivity contribution in [2.24, 2.45) is 0 Å². The molecule has 1 aromatic heterocycles. The highest BCUT2D eigenvalue weighted by Gasteiger charge is 2.07. The van der Waals surface area contributed by atoms with Crippen LogP contribution in [-0.2, 0) is 0 Å². The van der Waals surface area contributed by atoms with Gasteiger partial charge in [0.15, 0.2) is 5.13 Å². The molecule has 3 rings (SSSR count). The number of hydrogen-bond acceptors (Lipinski definition) is 4. The highest BCUT2D eigenvalue weighted by molar-refractivity contribution is 7.22. The first-order valence-electron chi connectivity index (χ1n) is 5.58. The van der Waals surface area contributed by atoms with E-state index >= 15 is 0 Å². The fourth-order valence-electron chi connectivity index (χ4n) is 1.76. The SMILES string of the molecule is N#Cc1cc(Cl)ccc1Nc1nc2ccccc2s1. The summed E-state index contributed by atoms with van der Waals surface area (Å²) in [7, 11) is 0. The molecule has 3 nitrogen and oxygen atoms in total. The van der Waals surface area contributed by atoms with Crippen molar-refractivity contribution in [3.63, 3.8) is 0 Å². The molecule has 0 radical (unpaired) electrons. The summed E-state index contributed by atoms with van der Waals surface area (Å²) >= 11 is 7.42. The number of nitrogens with one attached hydrogen (secondary N) is 1. The van der Waals surface area contributed by atoms with E-state index in [1.165, 1.54) is 0 Å². The van der Waals surface area contributed by atoms with Crippen molar-refractivity contribution in [2.45, 2.75) is 0 Å². The van der Waals surface area contributed by atoms with Crippen LogP contribution in [0, 0.1) is 11.3 Å². The molecule has 0 spiro atoms. The van der Waals surface area contributed by atoms with E-state index in [4.69, 9.17) is 16.9 Å². The smallest absolute Gasteiger partial charge is 0.188 e. The van der Waals surface area contributed by atoms with Gasteiger partial charge in [-0.05, 0) is 30.3 Å². The Balaban J connectivity index is 1.99. The van der Waals surface area contributed by atoms with Gasteiger partial charge in [0.1, 0.15) is 6.07 Å². The number of aromatic nitrogens is 1. The normalized spacial score (nSPS) is 10.3. The van der Waals surface area contributed by atoms with E-state index < -0.39 is 0 Å². The summed E-state index contributed by atoms with van der Waals surface area (Å²) < 4.78 is 1.11. The number of benzene rings is 2. The van der Waals surface area contributed by atoms with Gasteiger partial charge in [-0.3, -0.25) is 0 Å². The Morgan fingerprint density at radius 1 is 1.21 bits per heavy atom. The van der Waals surface area contributed by atoms with E-state index in [0.29, 0.717) is 16.3 Å². The van der Waals surface area contributed by atoms with Gasteiger partial charge in [0.25, 0.3) is 0 Å². The van der Waals surface area contributed by atoms with E-state index in [9.17, 15) is 0 Å². The number of hydrogen-bond donors (Lipinski definition) is 1. The molecule has 19 heavy (non-hydrogen) atoms. The lowest BCUT2D eigenvalue weighted by Gasteiger charge is -2.04. The second kappa shape index (κ2) is 4.88.